The highest BCUT2D eigenvalue weighted by Crippen LogP contribution is 2.49. The number of fused-ring (bicyclic) bond motifs is 1. The molecule has 11 heteroatoms. The molecular formula is C29H32F2N6O2S. The Balaban J connectivity index is 1.59. The number of hydrogen-bond acceptors (Lipinski definition) is 7. The van der Waals surface area contributed by atoms with Crippen LogP contribution < -0.4 is 0 Å². The summed E-state index contributed by atoms with van der Waals surface area (Å²) < 4.78 is 53.9. The standard InChI is InChI=1S/C29H32F2N6O2S/c1-5-18-14-15-29(6-2,26-19(18)16-23(34-35-26)25-20(30)10-8-11-21(25)31)24-13-9-12-22(32-24)28-33-27(36-37-28)17(4)40(38,39)7-3/h8-13,16-18H,5-7,14-15H2,1-4H3,(H,33,36,37)/t17-,18+,29-/m1/s1. The van der Waals surface area contributed by atoms with Gasteiger partial charge in [0.05, 0.1) is 28.1 Å². The molecule has 0 radical (unpaired) electrons. The van der Waals surface area contributed by atoms with Crippen LogP contribution in [0.1, 0.15) is 87.3 Å². The summed E-state index contributed by atoms with van der Waals surface area (Å²) in [6.07, 6.45) is 3.17. The second-order valence-electron chi connectivity index (χ2n) is 10.3. The van der Waals surface area contributed by atoms with Crippen molar-refractivity contribution < 1.29 is 17.2 Å². The summed E-state index contributed by atoms with van der Waals surface area (Å²) in [6, 6.07) is 11.2. The maximum Gasteiger partial charge on any atom is 0.180 e. The maximum absolute atomic E-state index is 14.6. The molecule has 0 saturated carbocycles. The molecule has 4 aromatic rings. The van der Waals surface area contributed by atoms with Crippen LogP contribution >= 0.6 is 0 Å². The molecular weight excluding hydrogens is 534 g/mol. The largest absolute Gasteiger partial charge is 0.323 e. The molecule has 8 nitrogen and oxygen atoms in total. The number of H-pyrrole nitrogens is 1. The monoisotopic (exact) mass is 566 g/mol. The van der Waals surface area contributed by atoms with E-state index in [-0.39, 0.29) is 28.8 Å². The van der Waals surface area contributed by atoms with Gasteiger partial charge in [-0.2, -0.15) is 5.10 Å². The Morgan fingerprint density at radius 2 is 1.73 bits per heavy atom. The number of benzene rings is 1. The van der Waals surface area contributed by atoms with Gasteiger partial charge in [0.1, 0.15) is 28.4 Å². The molecule has 3 heterocycles. The molecule has 1 aliphatic carbocycles. The molecule has 0 bridgehead atoms. The highest BCUT2D eigenvalue weighted by Gasteiger charge is 2.43. The Bertz CT molecular complexity index is 1640. The minimum atomic E-state index is -3.35. The number of pyridine rings is 1. The van der Waals surface area contributed by atoms with Crippen LogP contribution in [-0.4, -0.2) is 44.5 Å². The van der Waals surface area contributed by atoms with Gasteiger partial charge >= 0.3 is 0 Å². The molecule has 40 heavy (non-hydrogen) atoms. The van der Waals surface area contributed by atoms with E-state index >= 15 is 0 Å². The normalized spacial score (nSPS) is 19.8. The van der Waals surface area contributed by atoms with Crippen LogP contribution in [0.15, 0.2) is 42.5 Å². The third kappa shape index (κ3) is 4.70. The fraction of sp³-hybridized carbons (Fsp3) is 0.414. The van der Waals surface area contributed by atoms with Gasteiger partial charge in [-0.15, -0.1) is 15.3 Å². The number of sulfone groups is 1. The second-order valence-corrected chi connectivity index (χ2v) is 12.9. The molecule has 5 rings (SSSR count). The number of hydrogen-bond donors (Lipinski definition) is 1. The fourth-order valence-electron chi connectivity index (χ4n) is 5.67. The van der Waals surface area contributed by atoms with Crippen LogP contribution in [0.4, 0.5) is 8.78 Å². The smallest absolute Gasteiger partial charge is 0.180 e. The first-order chi connectivity index (χ1) is 19.1. The molecule has 0 fully saturated rings. The van der Waals surface area contributed by atoms with Gasteiger partial charge in [0.25, 0.3) is 0 Å². The van der Waals surface area contributed by atoms with Crippen molar-refractivity contribution in [2.24, 2.45) is 0 Å². The highest BCUT2D eigenvalue weighted by atomic mass is 32.2. The third-order valence-electron chi connectivity index (χ3n) is 8.26. The number of nitrogens with one attached hydrogen (secondary N) is 1. The molecule has 0 saturated heterocycles. The van der Waals surface area contributed by atoms with Crippen LogP contribution in [-0.2, 0) is 15.3 Å². The predicted octanol–water partition coefficient (Wildman–Crippen LogP) is 6.08. The minimum absolute atomic E-state index is 0.00141. The van der Waals surface area contributed by atoms with Gasteiger partial charge in [-0.25, -0.2) is 22.2 Å². The van der Waals surface area contributed by atoms with Gasteiger partial charge in [-0.05, 0) is 74.4 Å². The molecule has 0 spiro atoms. The molecule has 0 unspecified atom stereocenters. The van der Waals surface area contributed by atoms with E-state index in [0.717, 1.165) is 36.2 Å². The Labute approximate surface area is 232 Å². The molecule has 210 valence electrons. The van der Waals surface area contributed by atoms with Gasteiger partial charge in [0, 0.05) is 5.75 Å². The van der Waals surface area contributed by atoms with Crippen LogP contribution in [0.25, 0.3) is 22.8 Å². The molecule has 1 N–H and O–H groups in total. The maximum atomic E-state index is 14.6. The average Bonchev–Trinajstić information content (AvgIpc) is 3.46. The second kappa shape index (κ2) is 10.8. The lowest BCUT2D eigenvalue weighted by Gasteiger charge is -2.40. The van der Waals surface area contributed by atoms with E-state index in [0.29, 0.717) is 17.9 Å². The van der Waals surface area contributed by atoms with Crippen molar-refractivity contribution in [3.8, 4) is 22.8 Å². The van der Waals surface area contributed by atoms with Crippen molar-refractivity contribution in [3.05, 3.63) is 76.9 Å². The first kappa shape index (κ1) is 27.9. The van der Waals surface area contributed by atoms with E-state index in [1.165, 1.54) is 18.2 Å². The number of rotatable bonds is 8. The van der Waals surface area contributed by atoms with E-state index in [1.807, 2.05) is 12.1 Å². The summed E-state index contributed by atoms with van der Waals surface area (Å²) in [5.41, 5.74) is 2.41. The van der Waals surface area contributed by atoms with Crippen molar-refractivity contribution in [2.45, 2.75) is 70.0 Å². The highest BCUT2D eigenvalue weighted by molar-refractivity contribution is 7.91. The van der Waals surface area contributed by atoms with E-state index in [9.17, 15) is 17.2 Å². The fourth-order valence-corrected chi connectivity index (χ4v) is 6.62. The van der Waals surface area contributed by atoms with Gasteiger partial charge in [0.15, 0.2) is 15.7 Å². The van der Waals surface area contributed by atoms with Crippen LogP contribution in [0.2, 0.25) is 0 Å². The zero-order chi connectivity index (χ0) is 28.7. The van der Waals surface area contributed by atoms with E-state index in [4.69, 9.17) is 4.98 Å². The van der Waals surface area contributed by atoms with Crippen LogP contribution in [0.3, 0.4) is 0 Å². The quantitative estimate of drug-likeness (QED) is 0.275. The lowest BCUT2D eigenvalue weighted by Crippen LogP contribution is -2.35. The summed E-state index contributed by atoms with van der Waals surface area (Å²) in [6.45, 7) is 7.35. The third-order valence-corrected chi connectivity index (χ3v) is 10.4. The Hall–Kier alpha value is -3.60. The summed E-state index contributed by atoms with van der Waals surface area (Å²) >= 11 is 0. The minimum Gasteiger partial charge on any atom is -0.323 e. The lowest BCUT2D eigenvalue weighted by molar-refractivity contribution is 0.353. The lowest BCUT2D eigenvalue weighted by atomic mass is 9.65. The number of nitrogens with zero attached hydrogens (tertiary/aromatic N) is 5. The molecule has 1 aromatic carbocycles. The molecule has 3 aromatic heterocycles. The summed E-state index contributed by atoms with van der Waals surface area (Å²) in [5.74, 6) is -0.548. The van der Waals surface area contributed by atoms with Crippen LogP contribution in [0, 0.1) is 11.6 Å². The van der Waals surface area contributed by atoms with Crippen molar-refractivity contribution in [2.75, 3.05) is 5.75 Å². The summed E-state index contributed by atoms with van der Waals surface area (Å²) in [4.78, 5) is 7.99. The molecule has 0 amide bonds. The molecule has 1 aliphatic rings. The summed E-state index contributed by atoms with van der Waals surface area (Å²) in [5, 5.41) is 16.4. The number of aromatic amines is 1. The number of halogens is 2. The van der Waals surface area contributed by atoms with Crippen molar-refractivity contribution in [1.29, 1.82) is 0 Å². The summed E-state index contributed by atoms with van der Waals surface area (Å²) in [7, 11) is -3.35. The van der Waals surface area contributed by atoms with E-state index < -0.39 is 32.1 Å². The van der Waals surface area contributed by atoms with Crippen molar-refractivity contribution in [1.82, 2.24) is 30.4 Å². The van der Waals surface area contributed by atoms with Gasteiger partial charge in [0.2, 0.25) is 0 Å². The first-order valence-electron chi connectivity index (χ1n) is 13.6. The Kier molecular flexibility index (Phi) is 7.52. The topological polar surface area (TPSA) is 114 Å². The zero-order valence-corrected chi connectivity index (χ0v) is 23.8. The van der Waals surface area contributed by atoms with Gasteiger partial charge in [-0.3, -0.25) is 0 Å². The Morgan fingerprint density at radius 3 is 2.40 bits per heavy atom. The zero-order valence-electron chi connectivity index (χ0n) is 22.9. The average molecular weight is 567 g/mol. The van der Waals surface area contributed by atoms with Crippen molar-refractivity contribution in [3.63, 3.8) is 0 Å². The SMILES string of the molecule is CC[C@H]1CC[C@](CC)(c2cccc(-c3nnc([C@@H](C)S(=O)(=O)CC)[nH]3)n2)c2nnc(-c3c(F)cccc3F)cc21. The van der Waals surface area contributed by atoms with Crippen molar-refractivity contribution >= 4 is 9.84 Å². The predicted molar refractivity (Wildman–Crippen MR) is 148 cm³/mol. The van der Waals surface area contributed by atoms with Gasteiger partial charge in [-0.1, -0.05) is 32.9 Å². The van der Waals surface area contributed by atoms with Gasteiger partial charge < -0.3 is 4.98 Å². The molecule has 3 atom stereocenters. The molecule has 0 aliphatic heterocycles. The first-order valence-corrected chi connectivity index (χ1v) is 15.3. The van der Waals surface area contributed by atoms with Crippen LogP contribution in [0.5, 0.6) is 0 Å². The Morgan fingerprint density at radius 1 is 1.00 bits per heavy atom. The van der Waals surface area contributed by atoms with E-state index in [2.05, 4.69) is 39.2 Å². The van der Waals surface area contributed by atoms with E-state index in [1.54, 1.807) is 26.0 Å². The number of aromatic nitrogens is 6.